The van der Waals surface area contributed by atoms with Gasteiger partial charge in [-0.2, -0.15) is 0 Å². The molecular formula is C18H23ClFNO3. The molecule has 3 rings (SSSR count). The zero-order chi connectivity index (χ0) is 17.1. The van der Waals surface area contributed by atoms with Crippen LogP contribution in [0.5, 0.6) is 0 Å². The van der Waals surface area contributed by atoms with E-state index in [1.165, 1.54) is 12.1 Å². The second-order valence-electron chi connectivity index (χ2n) is 6.70. The van der Waals surface area contributed by atoms with Crippen molar-refractivity contribution < 1.29 is 19.0 Å². The van der Waals surface area contributed by atoms with Gasteiger partial charge in [0.25, 0.3) is 0 Å². The number of likely N-dealkylation sites (tertiary alicyclic amines) is 1. The number of halogens is 2. The lowest BCUT2D eigenvalue weighted by Crippen LogP contribution is -2.42. The molecule has 0 spiro atoms. The molecule has 1 atom stereocenters. The average molecular weight is 356 g/mol. The van der Waals surface area contributed by atoms with Gasteiger partial charge in [-0.15, -0.1) is 0 Å². The number of ether oxygens (including phenoxy) is 1. The van der Waals surface area contributed by atoms with Crippen molar-refractivity contribution in [2.24, 2.45) is 11.8 Å². The number of carboxylic acid groups (broad SMARTS) is 1. The zero-order valence-electron chi connectivity index (χ0n) is 13.6. The number of hydrogen-bond donors (Lipinski definition) is 1. The smallest absolute Gasteiger partial charge is 0.325 e. The highest BCUT2D eigenvalue weighted by molar-refractivity contribution is 6.31. The number of piperidine rings is 1. The van der Waals surface area contributed by atoms with Gasteiger partial charge in [0.15, 0.2) is 0 Å². The summed E-state index contributed by atoms with van der Waals surface area (Å²) in [6.07, 6.45) is 4.07. The van der Waals surface area contributed by atoms with Crippen LogP contribution in [0.25, 0.3) is 0 Å². The molecule has 24 heavy (non-hydrogen) atoms. The van der Waals surface area contributed by atoms with E-state index in [0.29, 0.717) is 24.9 Å². The highest BCUT2D eigenvalue weighted by Gasteiger charge is 2.36. The SMILES string of the molecule is O=C(O)C(c1c(F)cccc1Cl)N1CCC(C2CCOCC2)CC1. The van der Waals surface area contributed by atoms with Gasteiger partial charge in [-0.05, 0) is 62.7 Å². The highest BCUT2D eigenvalue weighted by Crippen LogP contribution is 2.36. The highest BCUT2D eigenvalue weighted by atomic mass is 35.5. The van der Waals surface area contributed by atoms with Crippen molar-refractivity contribution >= 4 is 17.6 Å². The molecule has 0 radical (unpaired) electrons. The molecule has 0 amide bonds. The Hall–Kier alpha value is -1.17. The maximum Gasteiger partial charge on any atom is 0.325 e. The number of aliphatic carboxylic acids is 1. The topological polar surface area (TPSA) is 49.8 Å². The molecule has 2 aliphatic rings. The summed E-state index contributed by atoms with van der Waals surface area (Å²) in [4.78, 5) is 13.7. The number of carboxylic acids is 1. The Kier molecular flexibility index (Phi) is 5.74. The Labute approximate surface area is 146 Å². The van der Waals surface area contributed by atoms with Crippen LogP contribution in [0.1, 0.15) is 37.3 Å². The minimum atomic E-state index is -1.05. The van der Waals surface area contributed by atoms with E-state index in [4.69, 9.17) is 16.3 Å². The summed E-state index contributed by atoms with van der Waals surface area (Å²) in [5, 5.41) is 9.83. The predicted molar refractivity (Wildman–Crippen MR) is 89.6 cm³/mol. The fourth-order valence-corrected chi connectivity index (χ4v) is 4.34. The average Bonchev–Trinajstić information content (AvgIpc) is 2.59. The third-order valence-corrected chi connectivity index (χ3v) is 5.71. The molecular weight excluding hydrogens is 333 g/mol. The molecule has 4 nitrogen and oxygen atoms in total. The predicted octanol–water partition coefficient (Wildman–Crippen LogP) is 3.74. The summed E-state index contributed by atoms with van der Waals surface area (Å²) in [6.45, 7) is 2.97. The number of carbonyl (C=O) groups is 1. The monoisotopic (exact) mass is 355 g/mol. The van der Waals surface area contributed by atoms with Gasteiger partial charge >= 0.3 is 5.97 Å². The van der Waals surface area contributed by atoms with Crippen molar-refractivity contribution in [1.29, 1.82) is 0 Å². The molecule has 1 unspecified atom stereocenters. The first-order chi connectivity index (χ1) is 11.6. The second kappa shape index (κ2) is 7.81. The molecule has 6 heteroatoms. The van der Waals surface area contributed by atoms with E-state index in [2.05, 4.69) is 0 Å². The van der Waals surface area contributed by atoms with Gasteiger partial charge < -0.3 is 9.84 Å². The van der Waals surface area contributed by atoms with Gasteiger partial charge in [-0.25, -0.2) is 4.39 Å². The minimum absolute atomic E-state index is 0.0798. The molecule has 2 heterocycles. The van der Waals surface area contributed by atoms with E-state index in [0.717, 1.165) is 38.9 Å². The molecule has 2 saturated heterocycles. The van der Waals surface area contributed by atoms with Crippen LogP contribution < -0.4 is 0 Å². The number of rotatable bonds is 4. The van der Waals surface area contributed by atoms with Crippen molar-refractivity contribution in [1.82, 2.24) is 4.90 Å². The van der Waals surface area contributed by atoms with Crippen LogP contribution in [-0.2, 0) is 9.53 Å². The molecule has 0 saturated carbocycles. The Bertz CT molecular complexity index is 563. The van der Waals surface area contributed by atoms with E-state index >= 15 is 0 Å². The van der Waals surface area contributed by atoms with Crippen LogP contribution in [-0.4, -0.2) is 42.3 Å². The van der Waals surface area contributed by atoms with Gasteiger partial charge in [-0.3, -0.25) is 9.69 Å². The summed E-state index contributed by atoms with van der Waals surface area (Å²) >= 11 is 6.09. The minimum Gasteiger partial charge on any atom is -0.480 e. The summed E-state index contributed by atoms with van der Waals surface area (Å²) in [5.41, 5.74) is 0.0798. The van der Waals surface area contributed by atoms with Crippen molar-refractivity contribution in [3.8, 4) is 0 Å². The van der Waals surface area contributed by atoms with E-state index in [9.17, 15) is 14.3 Å². The Balaban J connectivity index is 1.71. The quantitative estimate of drug-likeness (QED) is 0.893. The van der Waals surface area contributed by atoms with Gasteiger partial charge in [0.05, 0.1) is 0 Å². The third kappa shape index (κ3) is 3.73. The van der Waals surface area contributed by atoms with E-state index < -0.39 is 17.8 Å². The first-order valence-corrected chi connectivity index (χ1v) is 8.94. The first-order valence-electron chi connectivity index (χ1n) is 8.56. The van der Waals surface area contributed by atoms with Gasteiger partial charge in [0.1, 0.15) is 11.9 Å². The van der Waals surface area contributed by atoms with Crippen LogP contribution in [0.2, 0.25) is 5.02 Å². The van der Waals surface area contributed by atoms with E-state index in [1.807, 2.05) is 4.90 Å². The van der Waals surface area contributed by atoms with Crippen molar-refractivity contribution in [2.45, 2.75) is 31.7 Å². The lowest BCUT2D eigenvalue weighted by Gasteiger charge is -2.39. The summed E-state index contributed by atoms with van der Waals surface area (Å²) in [5.74, 6) is -0.329. The Morgan fingerprint density at radius 1 is 1.21 bits per heavy atom. The number of nitrogens with zero attached hydrogens (tertiary/aromatic N) is 1. The maximum absolute atomic E-state index is 14.2. The Morgan fingerprint density at radius 2 is 1.83 bits per heavy atom. The summed E-state index contributed by atoms with van der Waals surface area (Å²) in [7, 11) is 0. The van der Waals surface area contributed by atoms with Crippen LogP contribution >= 0.6 is 11.6 Å². The van der Waals surface area contributed by atoms with Crippen LogP contribution in [0.4, 0.5) is 4.39 Å². The fraction of sp³-hybridized carbons (Fsp3) is 0.611. The standard InChI is InChI=1S/C18H23ClFNO3/c19-14-2-1-3-15(20)16(14)17(18(22)23)21-8-4-12(5-9-21)13-6-10-24-11-7-13/h1-3,12-13,17H,4-11H2,(H,22,23). The lowest BCUT2D eigenvalue weighted by atomic mass is 9.79. The number of benzene rings is 1. The van der Waals surface area contributed by atoms with Gasteiger partial charge in [0.2, 0.25) is 0 Å². The van der Waals surface area contributed by atoms with E-state index in [-0.39, 0.29) is 10.6 Å². The molecule has 1 N–H and O–H groups in total. The lowest BCUT2D eigenvalue weighted by molar-refractivity contribution is -0.144. The Morgan fingerprint density at radius 3 is 2.42 bits per heavy atom. The largest absolute Gasteiger partial charge is 0.480 e. The molecule has 2 fully saturated rings. The van der Waals surface area contributed by atoms with Gasteiger partial charge in [-0.1, -0.05) is 17.7 Å². The zero-order valence-corrected chi connectivity index (χ0v) is 14.3. The maximum atomic E-state index is 14.2. The third-order valence-electron chi connectivity index (χ3n) is 5.38. The summed E-state index contributed by atoms with van der Waals surface area (Å²) < 4.78 is 19.6. The van der Waals surface area contributed by atoms with Crippen LogP contribution in [0.3, 0.4) is 0 Å². The molecule has 1 aromatic rings. The molecule has 0 aliphatic carbocycles. The molecule has 0 aromatic heterocycles. The van der Waals surface area contributed by atoms with Gasteiger partial charge in [0, 0.05) is 23.8 Å². The molecule has 2 aliphatic heterocycles. The molecule has 0 bridgehead atoms. The fourth-order valence-electron chi connectivity index (χ4n) is 4.07. The normalized spacial score (nSPS) is 22.4. The first kappa shape index (κ1) is 17.6. The van der Waals surface area contributed by atoms with Crippen molar-refractivity contribution in [3.05, 3.63) is 34.6 Å². The van der Waals surface area contributed by atoms with Crippen molar-refractivity contribution in [3.63, 3.8) is 0 Å². The second-order valence-corrected chi connectivity index (χ2v) is 7.11. The molecule has 132 valence electrons. The summed E-state index contributed by atoms with van der Waals surface area (Å²) in [6, 6.07) is 3.29. The number of hydrogen-bond acceptors (Lipinski definition) is 3. The van der Waals surface area contributed by atoms with Crippen molar-refractivity contribution in [2.75, 3.05) is 26.3 Å². The van der Waals surface area contributed by atoms with Crippen LogP contribution in [0.15, 0.2) is 18.2 Å². The van der Waals surface area contributed by atoms with Crippen LogP contribution in [0, 0.1) is 17.7 Å². The van der Waals surface area contributed by atoms with E-state index in [1.54, 1.807) is 6.07 Å². The molecule has 1 aromatic carbocycles.